The van der Waals surface area contributed by atoms with Gasteiger partial charge in [0, 0.05) is 32.7 Å². The molecule has 1 fully saturated rings. The largest absolute Gasteiger partial charge is 0.497 e. The Kier molecular flexibility index (Phi) is 8.42. The minimum absolute atomic E-state index is 0.103. The van der Waals surface area contributed by atoms with Gasteiger partial charge >= 0.3 is 0 Å². The number of nitrogens with zero attached hydrogens (tertiary/aromatic N) is 2. The molecule has 31 heavy (non-hydrogen) atoms. The quantitative estimate of drug-likeness (QED) is 0.591. The third kappa shape index (κ3) is 6.76. The van der Waals surface area contributed by atoms with Crippen LogP contribution in [0, 0.1) is 0 Å². The van der Waals surface area contributed by atoms with Gasteiger partial charge in [-0.05, 0) is 29.8 Å². The molecule has 0 aliphatic carbocycles. The maximum absolute atomic E-state index is 13.3. The molecule has 0 bridgehead atoms. The number of sulfonamides is 1. The molecule has 0 spiro atoms. The fourth-order valence-corrected chi connectivity index (χ4v) is 4.69. The molecule has 8 nitrogen and oxygen atoms in total. The average molecular weight is 448 g/mol. The van der Waals surface area contributed by atoms with Crippen molar-refractivity contribution in [1.82, 2.24) is 14.5 Å². The van der Waals surface area contributed by atoms with Crippen LogP contribution in [0.1, 0.15) is 5.56 Å². The molecule has 0 aromatic heterocycles. The van der Waals surface area contributed by atoms with Gasteiger partial charge in [0.25, 0.3) is 0 Å². The number of methoxy groups -OCH3 is 1. The van der Waals surface area contributed by atoms with E-state index in [0.717, 1.165) is 18.7 Å². The van der Waals surface area contributed by atoms with Crippen LogP contribution in [-0.2, 0) is 26.1 Å². The van der Waals surface area contributed by atoms with Crippen molar-refractivity contribution < 1.29 is 22.7 Å². The molecule has 3 rings (SSSR count). The fraction of sp³-hybridized carbons (Fsp3) is 0.409. The molecule has 1 amide bonds. The number of rotatable bonds is 10. The highest BCUT2D eigenvalue weighted by Crippen LogP contribution is 2.21. The molecule has 1 heterocycles. The van der Waals surface area contributed by atoms with E-state index in [1.54, 1.807) is 12.1 Å². The third-order valence-corrected chi connectivity index (χ3v) is 6.88. The number of hydrogen-bond donors (Lipinski definition) is 1. The predicted molar refractivity (Wildman–Crippen MR) is 117 cm³/mol. The molecule has 1 N–H and O–H groups in total. The smallest absolute Gasteiger partial charge is 0.243 e. The van der Waals surface area contributed by atoms with Gasteiger partial charge in [-0.25, -0.2) is 8.42 Å². The van der Waals surface area contributed by atoms with Crippen molar-refractivity contribution in [3.63, 3.8) is 0 Å². The first kappa shape index (κ1) is 23.2. The van der Waals surface area contributed by atoms with Crippen LogP contribution in [0.2, 0.25) is 0 Å². The van der Waals surface area contributed by atoms with E-state index in [1.807, 2.05) is 30.3 Å². The Balaban J connectivity index is 1.68. The number of carbonyl (C=O) groups excluding carboxylic acids is 1. The Morgan fingerprint density at radius 1 is 1.10 bits per heavy atom. The van der Waals surface area contributed by atoms with Crippen LogP contribution in [0.5, 0.6) is 5.75 Å². The summed E-state index contributed by atoms with van der Waals surface area (Å²) in [6.07, 6.45) is 0. The molecule has 2 aromatic carbocycles. The first-order valence-corrected chi connectivity index (χ1v) is 11.7. The van der Waals surface area contributed by atoms with Gasteiger partial charge in [0.15, 0.2) is 0 Å². The number of benzene rings is 2. The molecule has 0 radical (unpaired) electrons. The maximum Gasteiger partial charge on any atom is 0.243 e. The summed E-state index contributed by atoms with van der Waals surface area (Å²) in [6.45, 7) is 4.07. The lowest BCUT2D eigenvalue weighted by Gasteiger charge is -2.27. The second-order valence-corrected chi connectivity index (χ2v) is 9.18. The lowest BCUT2D eigenvalue weighted by atomic mass is 10.2. The number of nitrogens with one attached hydrogen (secondary N) is 1. The van der Waals surface area contributed by atoms with Crippen molar-refractivity contribution in [1.29, 1.82) is 0 Å². The zero-order valence-electron chi connectivity index (χ0n) is 17.7. The van der Waals surface area contributed by atoms with Crippen molar-refractivity contribution in [3.05, 3.63) is 60.2 Å². The standard InChI is InChI=1S/C22H29N3O5S/c1-29-20-7-9-21(10-8-20)31(27,28)25(17-19-5-3-2-4-6-19)18-22(26)23-11-12-24-13-15-30-16-14-24/h2-10H,11-18H2,1H3,(H,23,26). The van der Waals surface area contributed by atoms with E-state index < -0.39 is 10.0 Å². The highest BCUT2D eigenvalue weighted by atomic mass is 32.2. The Labute approximate surface area is 183 Å². The summed E-state index contributed by atoms with van der Waals surface area (Å²) >= 11 is 0. The summed E-state index contributed by atoms with van der Waals surface area (Å²) < 4.78 is 38.2. The second kappa shape index (κ2) is 11.2. The zero-order chi connectivity index (χ0) is 22.1. The van der Waals surface area contributed by atoms with Crippen LogP contribution in [0.4, 0.5) is 0 Å². The topological polar surface area (TPSA) is 88.2 Å². The summed E-state index contributed by atoms with van der Waals surface area (Å²) in [5.41, 5.74) is 0.806. The monoisotopic (exact) mass is 447 g/mol. The van der Waals surface area contributed by atoms with E-state index in [4.69, 9.17) is 9.47 Å². The molecule has 168 valence electrons. The average Bonchev–Trinajstić information content (AvgIpc) is 2.80. The lowest BCUT2D eigenvalue weighted by molar-refractivity contribution is -0.121. The Hall–Kier alpha value is -2.46. The van der Waals surface area contributed by atoms with Crippen LogP contribution in [-0.4, -0.2) is 76.6 Å². The molecule has 1 aliphatic rings. The Morgan fingerprint density at radius 3 is 2.42 bits per heavy atom. The number of ether oxygens (including phenoxy) is 2. The summed E-state index contributed by atoms with van der Waals surface area (Å²) in [5, 5.41) is 2.84. The van der Waals surface area contributed by atoms with Crippen molar-refractivity contribution >= 4 is 15.9 Å². The second-order valence-electron chi connectivity index (χ2n) is 7.24. The van der Waals surface area contributed by atoms with E-state index in [9.17, 15) is 13.2 Å². The van der Waals surface area contributed by atoms with Gasteiger partial charge in [-0.3, -0.25) is 9.69 Å². The molecule has 2 aromatic rings. The summed E-state index contributed by atoms with van der Waals surface area (Å²) in [6, 6.07) is 15.4. The van der Waals surface area contributed by atoms with Gasteiger partial charge < -0.3 is 14.8 Å². The van der Waals surface area contributed by atoms with Gasteiger partial charge in [-0.2, -0.15) is 4.31 Å². The van der Waals surface area contributed by atoms with Crippen LogP contribution in [0.3, 0.4) is 0 Å². The number of amides is 1. The van der Waals surface area contributed by atoms with Crippen LogP contribution in [0.15, 0.2) is 59.5 Å². The van der Waals surface area contributed by atoms with Crippen molar-refractivity contribution in [2.45, 2.75) is 11.4 Å². The van der Waals surface area contributed by atoms with Gasteiger partial charge in [0.05, 0.1) is 31.8 Å². The predicted octanol–water partition coefficient (Wildman–Crippen LogP) is 1.33. The maximum atomic E-state index is 13.3. The molecule has 0 saturated carbocycles. The zero-order valence-corrected chi connectivity index (χ0v) is 18.5. The number of hydrogen-bond acceptors (Lipinski definition) is 6. The minimum Gasteiger partial charge on any atom is -0.497 e. The Morgan fingerprint density at radius 2 is 1.77 bits per heavy atom. The van der Waals surface area contributed by atoms with Crippen LogP contribution >= 0.6 is 0 Å². The van der Waals surface area contributed by atoms with Crippen molar-refractivity contribution in [2.75, 3.05) is 53.0 Å². The minimum atomic E-state index is -3.87. The first-order chi connectivity index (χ1) is 15.0. The summed E-state index contributed by atoms with van der Waals surface area (Å²) in [5.74, 6) is 0.232. The van der Waals surface area contributed by atoms with E-state index in [2.05, 4.69) is 10.2 Å². The molecule has 0 unspecified atom stereocenters. The van der Waals surface area contributed by atoms with Gasteiger partial charge in [-0.1, -0.05) is 30.3 Å². The molecule has 1 aliphatic heterocycles. The number of carbonyl (C=O) groups is 1. The fourth-order valence-electron chi connectivity index (χ4n) is 3.30. The van der Waals surface area contributed by atoms with Gasteiger partial charge in [-0.15, -0.1) is 0 Å². The van der Waals surface area contributed by atoms with Crippen LogP contribution < -0.4 is 10.1 Å². The highest BCUT2D eigenvalue weighted by Gasteiger charge is 2.27. The van der Waals surface area contributed by atoms with Crippen molar-refractivity contribution in [3.8, 4) is 5.75 Å². The van der Waals surface area contributed by atoms with E-state index in [1.165, 1.54) is 23.5 Å². The first-order valence-electron chi connectivity index (χ1n) is 10.2. The molecular formula is C22H29N3O5S. The lowest BCUT2D eigenvalue weighted by Crippen LogP contribution is -2.44. The SMILES string of the molecule is COc1ccc(S(=O)(=O)N(CC(=O)NCCN2CCOCC2)Cc2ccccc2)cc1. The normalized spacial score (nSPS) is 15.0. The third-order valence-electron chi connectivity index (χ3n) is 5.07. The van der Waals surface area contributed by atoms with Gasteiger partial charge in [0.2, 0.25) is 15.9 Å². The van der Waals surface area contributed by atoms with Crippen LogP contribution in [0.25, 0.3) is 0 Å². The summed E-state index contributed by atoms with van der Waals surface area (Å²) in [4.78, 5) is 14.9. The van der Waals surface area contributed by atoms with Gasteiger partial charge in [0.1, 0.15) is 5.75 Å². The number of morpholine rings is 1. The Bertz CT molecular complexity index is 929. The molecule has 1 saturated heterocycles. The molecular weight excluding hydrogens is 418 g/mol. The molecule has 9 heteroatoms. The highest BCUT2D eigenvalue weighted by molar-refractivity contribution is 7.89. The van der Waals surface area contributed by atoms with Crippen molar-refractivity contribution in [2.24, 2.45) is 0 Å². The van der Waals surface area contributed by atoms with E-state index in [-0.39, 0.29) is 23.9 Å². The molecule has 0 atom stereocenters. The van der Waals surface area contributed by atoms with E-state index in [0.29, 0.717) is 32.1 Å². The summed E-state index contributed by atoms with van der Waals surface area (Å²) in [7, 11) is -2.35. The van der Waals surface area contributed by atoms with E-state index >= 15 is 0 Å².